The monoisotopic (exact) mass is 319 g/mol. The molecule has 11 heteroatoms. The van der Waals surface area contributed by atoms with Gasteiger partial charge in [-0.1, -0.05) is 0 Å². The summed E-state index contributed by atoms with van der Waals surface area (Å²) in [6.07, 6.45) is 3.72. The molecule has 0 fully saturated rings. The molecular formula is C12H9N5O6. The van der Waals surface area contributed by atoms with E-state index in [1.807, 2.05) is 0 Å². The van der Waals surface area contributed by atoms with Crippen molar-refractivity contribution in [2.45, 2.75) is 0 Å². The zero-order valence-electron chi connectivity index (χ0n) is 11.6. The van der Waals surface area contributed by atoms with Crippen molar-refractivity contribution in [1.29, 1.82) is 0 Å². The molecule has 23 heavy (non-hydrogen) atoms. The minimum Gasteiger partial charge on any atom is -0.358 e. The van der Waals surface area contributed by atoms with E-state index in [0.29, 0.717) is 0 Å². The Morgan fingerprint density at radius 1 is 1.04 bits per heavy atom. The van der Waals surface area contributed by atoms with Crippen LogP contribution in [0, 0.1) is 30.3 Å². The summed E-state index contributed by atoms with van der Waals surface area (Å²) in [4.78, 5) is 34.1. The summed E-state index contributed by atoms with van der Waals surface area (Å²) in [6, 6.07) is 3.21. The van der Waals surface area contributed by atoms with Gasteiger partial charge in [0.15, 0.2) is 0 Å². The fourth-order valence-electron chi connectivity index (χ4n) is 1.85. The molecule has 2 aromatic rings. The maximum Gasteiger partial charge on any atom is 0.342 e. The van der Waals surface area contributed by atoms with Crippen LogP contribution in [-0.2, 0) is 7.05 Å². The van der Waals surface area contributed by atoms with Crippen LogP contribution in [0.2, 0.25) is 0 Å². The summed E-state index contributed by atoms with van der Waals surface area (Å²) in [5, 5.41) is 32.4. The quantitative estimate of drug-likeness (QED) is 0.606. The number of non-ortho nitro benzene ring substituents is 1. The smallest absolute Gasteiger partial charge is 0.342 e. The summed E-state index contributed by atoms with van der Waals surface area (Å²) in [5.41, 5.74) is -0.730. The predicted octanol–water partition coefficient (Wildman–Crippen LogP) is 2.32. The summed E-state index contributed by atoms with van der Waals surface area (Å²) in [7, 11) is 1.43. The van der Waals surface area contributed by atoms with E-state index in [9.17, 15) is 30.3 Å². The van der Waals surface area contributed by atoms with Crippen molar-refractivity contribution in [2.24, 2.45) is 7.05 Å². The molecule has 0 amide bonds. The second kappa shape index (κ2) is 6.01. The molecule has 0 radical (unpaired) electrons. The Kier molecular flexibility index (Phi) is 4.12. The highest BCUT2D eigenvalue weighted by atomic mass is 16.6. The third-order valence-corrected chi connectivity index (χ3v) is 3.02. The number of imidazole rings is 1. The van der Waals surface area contributed by atoms with Gasteiger partial charge in [-0.25, -0.2) is 9.55 Å². The highest BCUT2D eigenvalue weighted by molar-refractivity contribution is 5.73. The molecule has 11 nitrogen and oxygen atoms in total. The number of hydrogen-bond acceptors (Lipinski definition) is 7. The van der Waals surface area contributed by atoms with Crippen molar-refractivity contribution in [3.8, 4) is 0 Å². The van der Waals surface area contributed by atoms with Gasteiger partial charge in [-0.3, -0.25) is 20.2 Å². The first-order valence-electron chi connectivity index (χ1n) is 6.08. The standard InChI is InChI=1S/C12H9N5O6/c1-14-11(13-7-12(14)17(22)23)5-3-8-2-4-9(15(18)19)6-10(8)16(20)21/h2-7H,1H3/b5-3+. The number of nitro benzene ring substituents is 2. The molecule has 0 aliphatic carbocycles. The number of benzene rings is 1. The summed E-state index contributed by atoms with van der Waals surface area (Å²) >= 11 is 0. The van der Waals surface area contributed by atoms with E-state index in [1.165, 1.54) is 29.8 Å². The third kappa shape index (κ3) is 3.18. The molecule has 1 heterocycles. The normalized spacial score (nSPS) is 10.8. The molecule has 0 bridgehead atoms. The van der Waals surface area contributed by atoms with Gasteiger partial charge in [-0.2, -0.15) is 0 Å². The predicted molar refractivity (Wildman–Crippen MR) is 78.5 cm³/mol. The summed E-state index contributed by atoms with van der Waals surface area (Å²) < 4.78 is 1.20. The lowest BCUT2D eigenvalue weighted by Gasteiger charge is -1.98. The zero-order chi connectivity index (χ0) is 17.1. The van der Waals surface area contributed by atoms with Gasteiger partial charge in [0.2, 0.25) is 5.82 Å². The van der Waals surface area contributed by atoms with Crippen LogP contribution >= 0.6 is 0 Å². The van der Waals surface area contributed by atoms with Crippen molar-refractivity contribution in [2.75, 3.05) is 0 Å². The van der Waals surface area contributed by atoms with Gasteiger partial charge >= 0.3 is 5.82 Å². The van der Waals surface area contributed by atoms with Crippen LogP contribution in [0.5, 0.6) is 0 Å². The number of nitro groups is 3. The van der Waals surface area contributed by atoms with Crippen LogP contribution in [0.15, 0.2) is 24.4 Å². The van der Waals surface area contributed by atoms with Crippen molar-refractivity contribution in [3.05, 3.63) is 66.1 Å². The van der Waals surface area contributed by atoms with E-state index in [2.05, 4.69) is 4.98 Å². The maximum atomic E-state index is 11.0. The molecule has 0 saturated carbocycles. The van der Waals surface area contributed by atoms with Crippen LogP contribution in [0.1, 0.15) is 11.4 Å². The van der Waals surface area contributed by atoms with Gasteiger partial charge in [-0.05, 0) is 17.1 Å². The molecule has 1 aromatic heterocycles. The Morgan fingerprint density at radius 3 is 2.26 bits per heavy atom. The largest absolute Gasteiger partial charge is 0.358 e. The van der Waals surface area contributed by atoms with Gasteiger partial charge in [0.1, 0.15) is 6.20 Å². The first-order valence-corrected chi connectivity index (χ1v) is 6.08. The Morgan fingerprint density at radius 2 is 1.74 bits per heavy atom. The highest BCUT2D eigenvalue weighted by Crippen LogP contribution is 2.26. The van der Waals surface area contributed by atoms with E-state index in [1.54, 1.807) is 0 Å². The SMILES string of the molecule is Cn1c([N+](=O)[O-])cnc1/C=C/c1ccc([N+](=O)[O-])cc1[N+](=O)[O-]. The van der Waals surface area contributed by atoms with E-state index < -0.39 is 26.1 Å². The van der Waals surface area contributed by atoms with Crippen molar-refractivity contribution >= 4 is 29.3 Å². The molecule has 0 aliphatic heterocycles. The molecule has 0 aliphatic rings. The van der Waals surface area contributed by atoms with Crippen LogP contribution in [0.4, 0.5) is 17.2 Å². The third-order valence-electron chi connectivity index (χ3n) is 3.02. The van der Waals surface area contributed by atoms with Crippen molar-refractivity contribution in [3.63, 3.8) is 0 Å². The van der Waals surface area contributed by atoms with Crippen LogP contribution in [0.3, 0.4) is 0 Å². The topological polar surface area (TPSA) is 147 Å². The van der Waals surface area contributed by atoms with Crippen LogP contribution in [-0.4, -0.2) is 24.3 Å². The number of rotatable bonds is 5. The Hall–Kier alpha value is -3.63. The second-order valence-corrected chi connectivity index (χ2v) is 4.38. The minimum absolute atomic E-state index is 0.117. The molecule has 2 rings (SSSR count). The van der Waals surface area contributed by atoms with E-state index in [0.717, 1.165) is 18.3 Å². The van der Waals surface area contributed by atoms with Gasteiger partial charge in [0, 0.05) is 12.1 Å². The van der Waals surface area contributed by atoms with Gasteiger partial charge < -0.3 is 10.1 Å². The van der Waals surface area contributed by atoms with Gasteiger partial charge in [-0.15, -0.1) is 0 Å². The average Bonchev–Trinajstić information content (AvgIpc) is 2.85. The lowest BCUT2D eigenvalue weighted by molar-refractivity contribution is -0.394. The van der Waals surface area contributed by atoms with E-state index in [4.69, 9.17) is 0 Å². The van der Waals surface area contributed by atoms with Gasteiger partial charge in [0.05, 0.1) is 28.5 Å². The number of nitrogens with zero attached hydrogens (tertiary/aromatic N) is 5. The van der Waals surface area contributed by atoms with Crippen molar-refractivity contribution < 1.29 is 14.8 Å². The molecule has 0 N–H and O–H groups in total. The first kappa shape index (κ1) is 15.8. The lowest BCUT2D eigenvalue weighted by Crippen LogP contribution is -1.98. The Balaban J connectivity index is 2.41. The number of hydrogen-bond donors (Lipinski definition) is 0. The first-order chi connectivity index (χ1) is 10.8. The Labute approximate surface area is 127 Å². The molecule has 0 atom stereocenters. The Bertz CT molecular complexity index is 840. The van der Waals surface area contributed by atoms with E-state index >= 15 is 0 Å². The maximum absolute atomic E-state index is 11.0. The molecule has 0 spiro atoms. The molecule has 1 aromatic carbocycles. The molecule has 118 valence electrons. The summed E-state index contributed by atoms with van der Waals surface area (Å²) in [6.45, 7) is 0. The average molecular weight is 319 g/mol. The fourth-order valence-corrected chi connectivity index (χ4v) is 1.85. The fraction of sp³-hybridized carbons (Fsp3) is 0.0833. The molecule has 0 unspecified atom stereocenters. The summed E-state index contributed by atoms with van der Waals surface area (Å²) in [5.74, 6) is -0.0211. The molecule has 0 saturated heterocycles. The van der Waals surface area contributed by atoms with Gasteiger partial charge in [0.25, 0.3) is 11.4 Å². The highest BCUT2D eigenvalue weighted by Gasteiger charge is 2.19. The molecular weight excluding hydrogens is 310 g/mol. The second-order valence-electron chi connectivity index (χ2n) is 4.38. The number of aromatic nitrogens is 2. The zero-order valence-corrected chi connectivity index (χ0v) is 11.6. The lowest BCUT2D eigenvalue weighted by atomic mass is 10.1. The minimum atomic E-state index is -0.743. The van der Waals surface area contributed by atoms with Crippen LogP contribution < -0.4 is 0 Å². The van der Waals surface area contributed by atoms with E-state index in [-0.39, 0.29) is 17.2 Å². The van der Waals surface area contributed by atoms with Crippen molar-refractivity contribution in [1.82, 2.24) is 9.55 Å². The van der Waals surface area contributed by atoms with Crippen LogP contribution in [0.25, 0.3) is 12.2 Å².